The highest BCUT2D eigenvalue weighted by Gasteiger charge is 2.36. The summed E-state index contributed by atoms with van der Waals surface area (Å²) < 4.78 is 34.4. The van der Waals surface area contributed by atoms with Gasteiger partial charge in [-0.2, -0.15) is 4.31 Å². The number of sulfonamides is 1. The number of imidazole rings is 1. The van der Waals surface area contributed by atoms with E-state index in [9.17, 15) is 8.42 Å². The van der Waals surface area contributed by atoms with Crippen LogP contribution in [0.1, 0.15) is 25.1 Å². The van der Waals surface area contributed by atoms with Crippen molar-refractivity contribution >= 4 is 10.0 Å². The van der Waals surface area contributed by atoms with Gasteiger partial charge >= 0.3 is 0 Å². The zero-order valence-electron chi connectivity index (χ0n) is 12.4. The Bertz CT molecular complexity index is 578. The van der Waals surface area contributed by atoms with Crippen molar-refractivity contribution in [2.45, 2.75) is 38.8 Å². The van der Waals surface area contributed by atoms with E-state index in [2.05, 4.69) is 4.98 Å². The maximum Gasteiger partial charge on any atom is 0.214 e. The van der Waals surface area contributed by atoms with E-state index in [0.29, 0.717) is 26.3 Å². The summed E-state index contributed by atoms with van der Waals surface area (Å²) in [6, 6.07) is 0.0604. The molecular formula is C14H23N3O3S. The molecule has 0 aliphatic carbocycles. The standard InChI is InChI=1S/C14H23N3O3S/c1-12-15-5-7-16(12)9-14-3-2-6-17(14)21(18,19)11-13-4-8-20-10-13/h5,7,13-14H,2-4,6,8-11H2,1H3. The minimum absolute atomic E-state index is 0.0604. The van der Waals surface area contributed by atoms with E-state index in [0.717, 1.165) is 25.1 Å². The molecule has 0 N–H and O–H groups in total. The summed E-state index contributed by atoms with van der Waals surface area (Å²) in [5.41, 5.74) is 0. The molecule has 6 nitrogen and oxygen atoms in total. The zero-order valence-corrected chi connectivity index (χ0v) is 13.3. The van der Waals surface area contributed by atoms with Crippen LogP contribution in [-0.4, -0.2) is 53.8 Å². The van der Waals surface area contributed by atoms with E-state index in [-0.39, 0.29) is 17.7 Å². The van der Waals surface area contributed by atoms with Gasteiger partial charge in [-0.15, -0.1) is 0 Å². The molecule has 2 saturated heterocycles. The van der Waals surface area contributed by atoms with Crippen molar-refractivity contribution in [1.82, 2.24) is 13.9 Å². The van der Waals surface area contributed by atoms with Gasteiger partial charge in [0, 0.05) is 38.1 Å². The van der Waals surface area contributed by atoms with Crippen molar-refractivity contribution in [3.63, 3.8) is 0 Å². The van der Waals surface area contributed by atoms with Crippen molar-refractivity contribution in [3.8, 4) is 0 Å². The van der Waals surface area contributed by atoms with Crippen molar-refractivity contribution < 1.29 is 13.2 Å². The summed E-state index contributed by atoms with van der Waals surface area (Å²) >= 11 is 0. The van der Waals surface area contributed by atoms with Crippen molar-refractivity contribution in [1.29, 1.82) is 0 Å². The smallest absolute Gasteiger partial charge is 0.214 e. The molecule has 1 aromatic heterocycles. The molecule has 1 aromatic rings. The Labute approximate surface area is 126 Å². The predicted molar refractivity (Wildman–Crippen MR) is 79.4 cm³/mol. The maximum atomic E-state index is 12.7. The predicted octanol–water partition coefficient (Wildman–Crippen LogP) is 1.02. The lowest BCUT2D eigenvalue weighted by Gasteiger charge is -2.25. The largest absolute Gasteiger partial charge is 0.381 e. The first-order valence-electron chi connectivity index (χ1n) is 7.61. The minimum Gasteiger partial charge on any atom is -0.381 e. The van der Waals surface area contributed by atoms with Crippen LogP contribution in [0, 0.1) is 12.8 Å². The molecule has 2 fully saturated rings. The average molecular weight is 313 g/mol. The number of hydrogen-bond acceptors (Lipinski definition) is 4. The van der Waals surface area contributed by atoms with Gasteiger partial charge in [-0.1, -0.05) is 0 Å². The van der Waals surface area contributed by atoms with Gasteiger partial charge in [-0.05, 0) is 32.1 Å². The van der Waals surface area contributed by atoms with E-state index >= 15 is 0 Å². The van der Waals surface area contributed by atoms with Gasteiger partial charge in [0.1, 0.15) is 5.82 Å². The maximum absolute atomic E-state index is 12.7. The molecule has 0 amide bonds. The lowest BCUT2D eigenvalue weighted by atomic mass is 10.2. The normalized spacial score (nSPS) is 27.5. The Kier molecular flexibility index (Phi) is 4.33. The molecule has 0 spiro atoms. The fraction of sp³-hybridized carbons (Fsp3) is 0.786. The quantitative estimate of drug-likeness (QED) is 0.814. The van der Waals surface area contributed by atoms with Crippen LogP contribution < -0.4 is 0 Å². The SMILES string of the molecule is Cc1nccn1CC1CCCN1S(=O)(=O)CC1CCOC1. The molecule has 118 valence electrons. The van der Waals surface area contributed by atoms with Crippen LogP contribution in [0.5, 0.6) is 0 Å². The second-order valence-corrected chi connectivity index (χ2v) is 8.01. The van der Waals surface area contributed by atoms with Crippen LogP contribution in [0.2, 0.25) is 0 Å². The summed E-state index contributed by atoms with van der Waals surface area (Å²) in [6.45, 7) is 4.57. The first-order valence-corrected chi connectivity index (χ1v) is 9.22. The Balaban J connectivity index is 1.69. The molecule has 2 unspecified atom stereocenters. The molecule has 0 bridgehead atoms. The number of ether oxygens (including phenoxy) is 1. The third kappa shape index (κ3) is 3.30. The number of aryl methyl sites for hydroxylation is 1. The van der Waals surface area contributed by atoms with E-state index in [4.69, 9.17) is 4.74 Å². The molecule has 0 saturated carbocycles. The molecular weight excluding hydrogens is 290 g/mol. The van der Waals surface area contributed by atoms with Gasteiger partial charge in [0.2, 0.25) is 10.0 Å². The molecule has 21 heavy (non-hydrogen) atoms. The lowest BCUT2D eigenvalue weighted by Crippen LogP contribution is -2.40. The highest BCUT2D eigenvalue weighted by atomic mass is 32.2. The fourth-order valence-corrected chi connectivity index (χ4v) is 5.37. The van der Waals surface area contributed by atoms with Gasteiger partial charge in [0.15, 0.2) is 0 Å². The highest BCUT2D eigenvalue weighted by Crippen LogP contribution is 2.26. The molecule has 7 heteroatoms. The molecule has 2 aliphatic heterocycles. The molecule has 2 atom stereocenters. The van der Waals surface area contributed by atoms with Crippen LogP contribution in [0.4, 0.5) is 0 Å². The summed E-state index contributed by atoms with van der Waals surface area (Å²) in [5.74, 6) is 1.32. The van der Waals surface area contributed by atoms with Gasteiger partial charge in [-0.25, -0.2) is 13.4 Å². The van der Waals surface area contributed by atoms with Gasteiger partial charge in [0.05, 0.1) is 12.4 Å². The van der Waals surface area contributed by atoms with E-state index in [1.54, 1.807) is 10.5 Å². The second kappa shape index (κ2) is 6.06. The van der Waals surface area contributed by atoms with Crippen molar-refractivity contribution in [3.05, 3.63) is 18.2 Å². The number of aromatic nitrogens is 2. The zero-order chi connectivity index (χ0) is 14.9. The van der Waals surface area contributed by atoms with Crippen molar-refractivity contribution in [2.24, 2.45) is 5.92 Å². The first kappa shape index (κ1) is 15.0. The Morgan fingerprint density at radius 1 is 1.43 bits per heavy atom. The van der Waals surface area contributed by atoms with Crippen LogP contribution in [0.25, 0.3) is 0 Å². The second-order valence-electron chi connectivity index (χ2n) is 6.04. The first-order chi connectivity index (χ1) is 10.1. The highest BCUT2D eigenvalue weighted by molar-refractivity contribution is 7.89. The van der Waals surface area contributed by atoms with Crippen LogP contribution in [-0.2, 0) is 21.3 Å². The third-order valence-electron chi connectivity index (χ3n) is 4.48. The fourth-order valence-electron chi connectivity index (χ4n) is 3.29. The van der Waals surface area contributed by atoms with Crippen LogP contribution >= 0.6 is 0 Å². The number of nitrogens with zero attached hydrogens (tertiary/aromatic N) is 3. The minimum atomic E-state index is -3.19. The van der Waals surface area contributed by atoms with Crippen LogP contribution in [0.15, 0.2) is 12.4 Å². The van der Waals surface area contributed by atoms with Gasteiger partial charge in [-0.3, -0.25) is 0 Å². The van der Waals surface area contributed by atoms with E-state index in [1.807, 2.05) is 17.7 Å². The molecule has 3 rings (SSSR count). The average Bonchev–Trinajstić information content (AvgIpc) is 3.13. The Morgan fingerprint density at radius 2 is 2.29 bits per heavy atom. The Morgan fingerprint density at radius 3 is 2.95 bits per heavy atom. The van der Waals surface area contributed by atoms with Gasteiger partial charge < -0.3 is 9.30 Å². The number of rotatable bonds is 5. The monoisotopic (exact) mass is 313 g/mol. The molecule has 0 aromatic carbocycles. The summed E-state index contributed by atoms with van der Waals surface area (Å²) in [4.78, 5) is 4.21. The Hall–Kier alpha value is -0.920. The van der Waals surface area contributed by atoms with Crippen molar-refractivity contribution in [2.75, 3.05) is 25.5 Å². The molecule has 2 aliphatic rings. The van der Waals surface area contributed by atoms with E-state index < -0.39 is 10.0 Å². The third-order valence-corrected chi connectivity index (χ3v) is 6.57. The molecule has 0 radical (unpaired) electrons. The topological polar surface area (TPSA) is 64.4 Å². The summed E-state index contributed by atoms with van der Waals surface area (Å²) in [5, 5.41) is 0. The summed E-state index contributed by atoms with van der Waals surface area (Å²) in [7, 11) is -3.19. The summed E-state index contributed by atoms with van der Waals surface area (Å²) in [6.07, 6.45) is 6.41. The lowest BCUT2D eigenvalue weighted by molar-refractivity contribution is 0.188. The van der Waals surface area contributed by atoms with Crippen LogP contribution in [0.3, 0.4) is 0 Å². The molecule has 3 heterocycles. The van der Waals surface area contributed by atoms with Gasteiger partial charge in [0.25, 0.3) is 0 Å². The van der Waals surface area contributed by atoms with E-state index in [1.165, 1.54) is 0 Å². The number of hydrogen-bond donors (Lipinski definition) is 0.